The molecular formula is C31H32N2O6S. The van der Waals surface area contributed by atoms with E-state index in [-0.39, 0.29) is 18.8 Å². The molecule has 0 aliphatic carbocycles. The van der Waals surface area contributed by atoms with Crippen molar-refractivity contribution in [2.75, 3.05) is 26.9 Å². The number of ether oxygens (including phenoxy) is 4. The molecule has 1 atom stereocenters. The third-order valence-electron chi connectivity index (χ3n) is 6.20. The van der Waals surface area contributed by atoms with E-state index in [1.165, 1.54) is 11.3 Å². The smallest absolute Gasteiger partial charge is 0.338 e. The zero-order chi connectivity index (χ0) is 28.6. The van der Waals surface area contributed by atoms with Gasteiger partial charge in [0.1, 0.15) is 18.4 Å². The van der Waals surface area contributed by atoms with Crippen molar-refractivity contribution in [3.05, 3.63) is 84.5 Å². The average Bonchev–Trinajstić information content (AvgIpc) is 3.26. The first-order valence-electron chi connectivity index (χ1n) is 13.1. The van der Waals surface area contributed by atoms with Crippen molar-refractivity contribution in [2.45, 2.75) is 39.7 Å². The van der Waals surface area contributed by atoms with E-state index in [0.717, 1.165) is 12.0 Å². The number of carbonyl (C=O) groups excluding carboxylic acids is 1. The Kier molecular flexibility index (Phi) is 9.46. The summed E-state index contributed by atoms with van der Waals surface area (Å²) in [5, 5.41) is 0. The highest BCUT2D eigenvalue weighted by atomic mass is 32.1. The topological polar surface area (TPSA) is 88.4 Å². The second kappa shape index (κ2) is 13.2. The molecule has 8 nitrogen and oxygen atoms in total. The summed E-state index contributed by atoms with van der Waals surface area (Å²) in [5.41, 5.74) is 2.11. The van der Waals surface area contributed by atoms with E-state index in [4.69, 9.17) is 30.4 Å². The third-order valence-corrected chi connectivity index (χ3v) is 7.19. The van der Waals surface area contributed by atoms with Crippen LogP contribution in [0.3, 0.4) is 0 Å². The van der Waals surface area contributed by atoms with E-state index in [0.29, 0.717) is 56.4 Å². The Balaban J connectivity index is 1.95. The molecule has 0 saturated heterocycles. The number of rotatable bonds is 11. The fraction of sp³-hybridized carbons (Fsp3) is 0.323. The normalized spacial score (nSPS) is 14.7. The number of thiazole rings is 1. The maximum absolute atomic E-state index is 14.0. The fourth-order valence-corrected chi connectivity index (χ4v) is 5.60. The lowest BCUT2D eigenvalue weighted by molar-refractivity contribution is -0.139. The van der Waals surface area contributed by atoms with Crippen LogP contribution in [0.5, 0.6) is 17.2 Å². The molecule has 3 aromatic rings. The van der Waals surface area contributed by atoms with Crippen molar-refractivity contribution in [2.24, 2.45) is 4.99 Å². The molecule has 0 unspecified atom stereocenters. The van der Waals surface area contributed by atoms with Gasteiger partial charge in [0, 0.05) is 5.56 Å². The first-order chi connectivity index (χ1) is 19.5. The van der Waals surface area contributed by atoms with Crippen molar-refractivity contribution in [1.82, 2.24) is 4.57 Å². The first kappa shape index (κ1) is 28.7. The van der Waals surface area contributed by atoms with Crippen molar-refractivity contribution < 1.29 is 23.7 Å². The maximum atomic E-state index is 14.0. The summed E-state index contributed by atoms with van der Waals surface area (Å²) in [4.78, 5) is 32.7. The molecule has 1 aromatic heterocycles. The lowest BCUT2D eigenvalue weighted by Gasteiger charge is -2.26. The second-order valence-corrected chi connectivity index (χ2v) is 9.80. The SMILES string of the molecule is C#CCOc1ccc(/C=c2\sc3n(c2=O)[C@H](c2ccccc2OC)C(C(=O)OCC)=C(CCC)N=3)cc1OCC. The fourth-order valence-electron chi connectivity index (χ4n) is 4.58. The van der Waals surface area contributed by atoms with Gasteiger partial charge in [-0.05, 0) is 50.1 Å². The Hall–Kier alpha value is -4.29. The highest BCUT2D eigenvalue weighted by Crippen LogP contribution is 2.37. The van der Waals surface area contributed by atoms with E-state index >= 15 is 0 Å². The van der Waals surface area contributed by atoms with Gasteiger partial charge in [0.05, 0.1) is 36.1 Å². The van der Waals surface area contributed by atoms with Crippen LogP contribution in [0.4, 0.5) is 0 Å². The number of carbonyl (C=O) groups is 1. The van der Waals surface area contributed by atoms with Crippen LogP contribution in [0.25, 0.3) is 6.08 Å². The van der Waals surface area contributed by atoms with E-state index in [1.807, 2.05) is 44.2 Å². The molecule has 2 aromatic carbocycles. The molecule has 1 aliphatic rings. The van der Waals surface area contributed by atoms with E-state index < -0.39 is 12.0 Å². The quantitative estimate of drug-likeness (QED) is 0.260. The number of benzene rings is 2. The number of terminal acetylenes is 1. The zero-order valence-corrected chi connectivity index (χ0v) is 23.9. The summed E-state index contributed by atoms with van der Waals surface area (Å²) in [6.45, 7) is 6.41. The van der Waals surface area contributed by atoms with Crippen LogP contribution < -0.4 is 29.1 Å². The lowest BCUT2D eigenvalue weighted by Crippen LogP contribution is -2.40. The number of esters is 1. The molecule has 0 amide bonds. The van der Waals surface area contributed by atoms with E-state index in [9.17, 15) is 9.59 Å². The number of aromatic nitrogens is 1. The largest absolute Gasteiger partial charge is 0.496 e. The second-order valence-electron chi connectivity index (χ2n) is 8.79. The molecule has 1 aliphatic heterocycles. The molecule has 0 spiro atoms. The molecule has 4 rings (SSSR count). The Morgan fingerprint density at radius 3 is 2.60 bits per heavy atom. The number of methoxy groups -OCH3 is 1. The Labute approximate surface area is 237 Å². The Bertz CT molecular complexity index is 1640. The molecule has 0 N–H and O–H groups in total. The minimum atomic E-state index is -0.756. The van der Waals surface area contributed by atoms with Gasteiger partial charge in [-0.15, -0.1) is 6.42 Å². The van der Waals surface area contributed by atoms with Gasteiger partial charge in [0.15, 0.2) is 16.3 Å². The highest BCUT2D eigenvalue weighted by molar-refractivity contribution is 7.07. The summed E-state index contributed by atoms with van der Waals surface area (Å²) >= 11 is 1.27. The van der Waals surface area contributed by atoms with Crippen LogP contribution in [-0.4, -0.2) is 37.5 Å². The summed E-state index contributed by atoms with van der Waals surface area (Å²) in [6, 6.07) is 12.0. The molecule has 0 bridgehead atoms. The molecule has 0 fully saturated rings. The van der Waals surface area contributed by atoms with Crippen LogP contribution in [0, 0.1) is 12.3 Å². The average molecular weight is 561 g/mol. The zero-order valence-electron chi connectivity index (χ0n) is 23.1. The number of hydrogen-bond acceptors (Lipinski definition) is 8. The monoisotopic (exact) mass is 560 g/mol. The van der Waals surface area contributed by atoms with Gasteiger partial charge < -0.3 is 18.9 Å². The number of fused-ring (bicyclic) bond motifs is 1. The first-order valence-corrected chi connectivity index (χ1v) is 14.0. The van der Waals surface area contributed by atoms with E-state index in [2.05, 4.69) is 5.92 Å². The number of nitrogens with zero attached hydrogens (tertiary/aromatic N) is 2. The molecule has 40 heavy (non-hydrogen) atoms. The summed E-state index contributed by atoms with van der Waals surface area (Å²) in [5.74, 6) is 3.57. The van der Waals surface area contributed by atoms with Gasteiger partial charge in [-0.3, -0.25) is 9.36 Å². The van der Waals surface area contributed by atoms with Crippen molar-refractivity contribution >= 4 is 23.4 Å². The van der Waals surface area contributed by atoms with Crippen molar-refractivity contribution in [1.29, 1.82) is 0 Å². The number of para-hydroxylation sites is 1. The van der Waals surface area contributed by atoms with Gasteiger partial charge in [-0.1, -0.05) is 54.9 Å². The lowest BCUT2D eigenvalue weighted by atomic mass is 9.93. The minimum Gasteiger partial charge on any atom is -0.496 e. The van der Waals surface area contributed by atoms with Crippen molar-refractivity contribution in [3.63, 3.8) is 0 Å². The van der Waals surface area contributed by atoms with Gasteiger partial charge in [0.25, 0.3) is 5.56 Å². The third kappa shape index (κ3) is 5.82. The van der Waals surface area contributed by atoms with E-state index in [1.54, 1.807) is 36.8 Å². The van der Waals surface area contributed by atoms with Gasteiger partial charge >= 0.3 is 5.97 Å². The molecule has 0 saturated carbocycles. The molecule has 9 heteroatoms. The Morgan fingerprint density at radius 2 is 1.90 bits per heavy atom. The molecular weight excluding hydrogens is 528 g/mol. The van der Waals surface area contributed by atoms with Crippen LogP contribution in [-0.2, 0) is 9.53 Å². The van der Waals surface area contributed by atoms with Crippen LogP contribution >= 0.6 is 11.3 Å². The van der Waals surface area contributed by atoms with Gasteiger partial charge in [-0.2, -0.15) is 0 Å². The highest BCUT2D eigenvalue weighted by Gasteiger charge is 2.35. The number of allylic oxidation sites excluding steroid dienone is 1. The maximum Gasteiger partial charge on any atom is 0.338 e. The predicted octanol–water partition coefficient (Wildman–Crippen LogP) is 4.00. The summed E-state index contributed by atoms with van der Waals surface area (Å²) in [6.07, 6.45) is 8.44. The minimum absolute atomic E-state index is 0.115. The summed E-state index contributed by atoms with van der Waals surface area (Å²) in [7, 11) is 1.57. The molecule has 0 radical (unpaired) electrons. The summed E-state index contributed by atoms with van der Waals surface area (Å²) < 4.78 is 24.5. The predicted molar refractivity (Wildman–Crippen MR) is 155 cm³/mol. The van der Waals surface area contributed by atoms with Gasteiger partial charge in [-0.25, -0.2) is 9.79 Å². The van der Waals surface area contributed by atoms with Crippen LogP contribution in [0.15, 0.2) is 63.5 Å². The van der Waals surface area contributed by atoms with Crippen LogP contribution in [0.2, 0.25) is 0 Å². The molecule has 208 valence electrons. The van der Waals surface area contributed by atoms with Crippen molar-refractivity contribution in [3.8, 4) is 29.6 Å². The van der Waals surface area contributed by atoms with Crippen LogP contribution in [0.1, 0.15) is 50.8 Å². The number of hydrogen-bond donors (Lipinski definition) is 0. The van der Waals surface area contributed by atoms with Gasteiger partial charge in [0.2, 0.25) is 0 Å². The standard InChI is InChI=1S/C31H32N2O6S/c1-6-12-22-27(30(35)38-9-4)28(21-13-10-11-14-23(21)36-5)33-29(34)26(40-31(33)32-22)19-20-15-16-24(39-17-7-2)25(18-20)37-8-3/h2,10-11,13-16,18-19,28H,6,8-9,12,17H2,1,3-5H3/b26-19-/t28-/m1/s1. The Morgan fingerprint density at radius 1 is 1.10 bits per heavy atom. The molecule has 2 heterocycles.